The molecule has 6 fully saturated rings. The Bertz CT molecular complexity index is 5130. The van der Waals surface area contributed by atoms with E-state index in [0.717, 1.165) is 144 Å². The van der Waals surface area contributed by atoms with Crippen LogP contribution in [-0.2, 0) is 45.6 Å². The maximum atomic E-state index is 12.4. The van der Waals surface area contributed by atoms with Crippen LogP contribution in [0, 0.1) is 91.0 Å². The SMILES string of the molecule is CS(=O)(=O)[O-].C[n+]1ccn(C2CCN(c3ccc(N)c(Cl)c3)C2)c1.Cc1cc(F)ccc1[N+](=O)[O-].Cc1cc(N2CCC(O)C2)ccc1[N+](=O)[O-].Cc1cc(N2CCC(OS(C)(=O)=O)C2)ccc1[N+](=O)[O-].Cc1cc(N2CCC(n3cc[n+](C)c3)C2)ccc1[N+](=O)[O-].Cc1cc(N2CCC(n3cc[n+](C)c3)C2)ccc1[N+](=O)[O-].OC1CCNC1.[Cl-].[Cl-]. The van der Waals surface area contributed by atoms with Crippen LogP contribution < -0.4 is 74.1 Å². The van der Waals surface area contributed by atoms with Gasteiger partial charge in [0.1, 0.15) is 61.1 Å². The second kappa shape index (κ2) is 45.2. The third-order valence-corrected chi connectivity index (χ3v) is 21.4. The van der Waals surface area contributed by atoms with Crippen molar-refractivity contribution in [3.63, 3.8) is 0 Å². The number of nitrogen functional groups attached to an aromatic ring is 1. The molecule has 658 valence electrons. The molecule has 121 heavy (non-hydrogen) atoms. The molecule has 6 saturated heterocycles. The largest absolute Gasteiger partial charge is 1.00 e. The summed E-state index contributed by atoms with van der Waals surface area (Å²) >= 11 is 6.09. The molecule has 6 atom stereocenters. The van der Waals surface area contributed by atoms with Gasteiger partial charge in [-0.05, 0) is 139 Å². The van der Waals surface area contributed by atoms with Gasteiger partial charge in [-0.15, -0.1) is 0 Å². The number of hydrogen-bond donors (Lipinski definition) is 4. The number of aliphatic hydroxyl groups excluding tert-OH is 2. The van der Waals surface area contributed by atoms with Gasteiger partial charge in [0.25, 0.3) is 38.6 Å². The van der Waals surface area contributed by atoms with Gasteiger partial charge in [0.2, 0.25) is 19.0 Å². The lowest BCUT2D eigenvalue weighted by molar-refractivity contribution is -0.671. The smallest absolute Gasteiger partial charge is 0.272 e. The minimum absolute atomic E-state index is 0. The number of halogens is 4. The number of nitrogens with one attached hydrogen (secondary N) is 1. The van der Waals surface area contributed by atoms with Crippen LogP contribution in [0.3, 0.4) is 0 Å². The number of nitrogens with two attached hydrogens (primary N) is 1. The van der Waals surface area contributed by atoms with E-state index < -0.39 is 35.9 Å². The number of nitro groups is 5. The highest BCUT2D eigenvalue weighted by Crippen LogP contribution is 2.35. The Morgan fingerprint density at radius 3 is 1.03 bits per heavy atom. The lowest BCUT2D eigenvalue weighted by atomic mass is 10.1. The highest BCUT2D eigenvalue weighted by molar-refractivity contribution is 7.86. The Kier molecular flexibility index (Phi) is 37.0. The summed E-state index contributed by atoms with van der Waals surface area (Å²) < 4.78 is 79.7. The van der Waals surface area contributed by atoms with E-state index in [9.17, 15) is 68.5 Å². The van der Waals surface area contributed by atoms with Crippen molar-refractivity contribution < 1.29 is 103 Å². The zero-order valence-electron chi connectivity index (χ0n) is 68.8. The van der Waals surface area contributed by atoms with E-state index >= 15 is 0 Å². The van der Waals surface area contributed by atoms with Crippen LogP contribution in [0.4, 0.5) is 67.0 Å². The topological polar surface area (TPSA) is 437 Å². The van der Waals surface area contributed by atoms with E-state index in [1.165, 1.54) is 19.1 Å². The first kappa shape index (κ1) is 99.1. The second-order valence-electron chi connectivity index (χ2n) is 29.9. The average Bonchev–Trinajstić information content (AvgIpc) is 1.71. The van der Waals surface area contributed by atoms with Gasteiger partial charge in [-0.2, -0.15) is 8.42 Å². The molecule has 0 saturated carbocycles. The van der Waals surface area contributed by atoms with Crippen molar-refractivity contribution in [2.45, 2.75) is 110 Å². The molecule has 5 N–H and O–H groups in total. The van der Waals surface area contributed by atoms with Crippen molar-refractivity contribution in [2.24, 2.45) is 21.1 Å². The first-order valence-corrected chi connectivity index (χ1v) is 42.2. The summed E-state index contributed by atoms with van der Waals surface area (Å²) in [5.74, 6) is -0.451. The number of benzene rings is 6. The van der Waals surface area contributed by atoms with Crippen LogP contribution in [0.1, 0.15) is 84.5 Å². The number of anilines is 6. The number of aromatic nitrogens is 6. The van der Waals surface area contributed by atoms with Gasteiger partial charge < -0.3 is 75.1 Å². The molecule has 0 bridgehead atoms. The van der Waals surface area contributed by atoms with E-state index in [-0.39, 0.29) is 86.3 Å². The molecule has 15 rings (SSSR count). The van der Waals surface area contributed by atoms with E-state index in [0.29, 0.717) is 89.0 Å². The maximum absolute atomic E-state index is 12.4. The normalized spacial score (nSPS) is 18.2. The molecule has 36 nitrogen and oxygen atoms in total. The Hall–Kier alpha value is -10.8. The summed E-state index contributed by atoms with van der Waals surface area (Å²) in [7, 11) is -1.29. The molecule has 3 aromatic heterocycles. The molecule has 6 unspecified atom stereocenters. The van der Waals surface area contributed by atoms with Gasteiger partial charge in [-0.25, -0.2) is 40.2 Å². The van der Waals surface area contributed by atoms with E-state index in [4.69, 9.17) is 39.6 Å². The zero-order chi connectivity index (χ0) is 87.3. The molecular weight excluding hydrogens is 1680 g/mol. The third kappa shape index (κ3) is 30.4. The second-order valence-corrected chi connectivity index (χ2v) is 33.4. The lowest BCUT2D eigenvalue weighted by Crippen LogP contribution is -3.00. The number of imidazole rings is 3. The zero-order valence-corrected chi connectivity index (χ0v) is 72.7. The number of nitrogens with zero attached hydrogens (tertiary/aromatic N) is 16. The lowest BCUT2D eigenvalue weighted by Gasteiger charge is -2.18. The molecule has 6 aromatic carbocycles. The number of hydrogen-bond acceptors (Lipinski definition) is 25. The molecule has 9 heterocycles. The van der Waals surface area contributed by atoms with Crippen LogP contribution in [0.5, 0.6) is 0 Å². The summed E-state index contributed by atoms with van der Waals surface area (Å²) in [6, 6.07) is 31.4. The van der Waals surface area contributed by atoms with Crippen molar-refractivity contribution in [1.29, 1.82) is 0 Å². The molecule has 0 amide bonds. The van der Waals surface area contributed by atoms with Crippen molar-refractivity contribution >= 4 is 94.4 Å². The molecule has 9 aromatic rings. The van der Waals surface area contributed by atoms with Crippen LogP contribution in [0.2, 0.25) is 5.02 Å². The van der Waals surface area contributed by atoms with Gasteiger partial charge in [0, 0.05) is 164 Å². The fraction of sp³-hybridized carbons (Fsp3) is 0.430. The number of aliphatic hydroxyl groups is 2. The number of aryl methyl sites for hydroxylation is 8. The van der Waals surface area contributed by atoms with Gasteiger partial charge in [-0.1, -0.05) is 11.6 Å². The molecular formula is C79H104Cl3FN18O18S2. The van der Waals surface area contributed by atoms with Crippen molar-refractivity contribution in [3.05, 3.63) is 255 Å². The highest BCUT2D eigenvalue weighted by Gasteiger charge is 2.33. The predicted octanol–water partition coefficient (Wildman–Crippen LogP) is 3.45. The van der Waals surface area contributed by atoms with Crippen LogP contribution in [-0.4, -0.2) is 179 Å². The van der Waals surface area contributed by atoms with Gasteiger partial charge in [0.05, 0.1) is 111 Å². The van der Waals surface area contributed by atoms with Gasteiger partial charge >= 0.3 is 0 Å². The number of rotatable bonds is 15. The number of nitro benzene ring substituents is 5. The molecule has 42 heteroatoms. The fourth-order valence-electron chi connectivity index (χ4n) is 14.3. The summed E-state index contributed by atoms with van der Waals surface area (Å²) in [6.45, 7) is 18.7. The number of β-amino-alcohol motifs (C(OH)–C–C–N with tert-alkyl or cyclic N) is 2. The Morgan fingerprint density at radius 2 is 0.769 bits per heavy atom. The predicted molar refractivity (Wildman–Crippen MR) is 448 cm³/mol. The van der Waals surface area contributed by atoms with Crippen LogP contribution in [0.25, 0.3) is 0 Å². The summed E-state index contributed by atoms with van der Waals surface area (Å²) in [5.41, 5.74) is 15.0. The van der Waals surface area contributed by atoms with Crippen LogP contribution >= 0.6 is 11.6 Å². The summed E-state index contributed by atoms with van der Waals surface area (Å²) in [5, 5.41) is 75.1. The maximum Gasteiger partial charge on any atom is 0.272 e. The van der Waals surface area contributed by atoms with Gasteiger partial charge in [-0.3, -0.25) is 54.8 Å². The van der Waals surface area contributed by atoms with Gasteiger partial charge in [0.15, 0.2) is 0 Å². The molecule has 6 aliphatic heterocycles. The first-order chi connectivity index (χ1) is 56.1. The molecule has 6 aliphatic rings. The van der Waals surface area contributed by atoms with E-state index in [2.05, 4.69) is 82.1 Å². The van der Waals surface area contributed by atoms with E-state index in [1.807, 2.05) is 94.9 Å². The average molecular weight is 1780 g/mol. The highest BCUT2D eigenvalue weighted by atomic mass is 35.5. The molecule has 0 spiro atoms. The minimum atomic E-state index is -3.92. The monoisotopic (exact) mass is 1780 g/mol. The fourth-order valence-corrected chi connectivity index (χ4v) is 15.1. The minimum Gasteiger partial charge on any atom is -1.00 e. The Labute approximate surface area is 719 Å². The molecule has 0 radical (unpaired) electrons. The third-order valence-electron chi connectivity index (χ3n) is 20.5. The van der Waals surface area contributed by atoms with Crippen molar-refractivity contribution in [2.75, 3.05) is 121 Å². The first-order valence-electron chi connectivity index (χ1n) is 38.2. The van der Waals surface area contributed by atoms with Crippen molar-refractivity contribution in [3.8, 4) is 0 Å². The summed E-state index contributed by atoms with van der Waals surface area (Å²) in [4.78, 5) is 62.4. The summed E-state index contributed by atoms with van der Waals surface area (Å²) in [6.07, 6.45) is 25.3. The van der Waals surface area contributed by atoms with E-state index in [1.54, 1.807) is 64.1 Å². The standard InChI is InChI=1S/2C15H19N4O2.C14H18ClN4.C12H16N2O5S.C11H14N2O3.C7H6FNO2.C4H9NO.CH4O3S.2ClH/c2*1-12-9-13(3-4-15(12)19(20)21)17-6-5-14(10-17)18-8-7-16(2)11-18;1-17-6-7-19(10-17)12-4-5-18(9-12)11-2-3-14(16)13(15)8-11;1-9-7-10(3-4-12(9)14(15)16)13-6-5-11(8-13)19-20(2,17)18;1-8-6-9(2-3-11(8)13(15)16)12-5-4-10(14)7-12;1-5-4-6(8)2-3-7(5)9(10)11;6-4-1-2-5-3-4;1-5(2,3)4;;/h2*3-4,7-9,11,14H,5-6,10H2,1-2H3;2-3,6-8,10,12H,4-5,9,16H2,1H3;3-4,7,11H,5-6,8H2,1-2H3;2-3,6,10,14H,4-5,7H2,1H3;2-4H,1H3;4-6H,1-3H2;1H3,(H,2,3,4);2*1H/q3*+1;;;;;;;/p-3. The Morgan fingerprint density at radius 1 is 0.463 bits per heavy atom. The quantitative estimate of drug-likeness (QED) is 0.0285. The van der Waals surface area contributed by atoms with Crippen molar-refractivity contribution in [1.82, 2.24) is 19.0 Å². The Balaban J connectivity index is 0.000000220. The molecule has 0 aliphatic carbocycles. The van der Waals surface area contributed by atoms with Crippen LogP contribution in [0.15, 0.2) is 165 Å².